The number of anilines is 1. The van der Waals surface area contributed by atoms with Crippen molar-refractivity contribution in [3.05, 3.63) is 68.1 Å². The first-order chi connectivity index (χ1) is 15.4. The van der Waals surface area contributed by atoms with Crippen molar-refractivity contribution in [2.75, 3.05) is 11.4 Å². The molecular weight excluding hydrogens is 483 g/mol. The number of fused-ring (bicyclic) bond motifs is 2. The first-order valence-electron chi connectivity index (χ1n) is 10.3. The molecule has 166 valence electrons. The van der Waals surface area contributed by atoms with Gasteiger partial charge in [0, 0.05) is 39.6 Å². The average molecular weight is 505 g/mol. The Hall–Kier alpha value is -1.99. The van der Waals surface area contributed by atoms with Gasteiger partial charge in [-0.1, -0.05) is 53.2 Å². The van der Waals surface area contributed by atoms with Gasteiger partial charge in [0.05, 0.1) is 10.7 Å². The van der Waals surface area contributed by atoms with Crippen LogP contribution in [0.4, 0.5) is 5.69 Å². The highest BCUT2D eigenvalue weighted by molar-refractivity contribution is 8.03. The fraction of sp³-hybridized carbons (Fsp3) is 0.250. The largest absolute Gasteiger partial charge is 0.550 e. The number of nitrogens with zero attached hydrogens (tertiary/aromatic N) is 2. The number of carbonyl (C=O) groups is 1. The molecule has 4 nitrogen and oxygen atoms in total. The number of thiazole rings is 1. The van der Waals surface area contributed by atoms with Crippen molar-refractivity contribution in [3.63, 3.8) is 0 Å². The van der Waals surface area contributed by atoms with E-state index in [0.29, 0.717) is 18.0 Å². The summed E-state index contributed by atoms with van der Waals surface area (Å²) in [7, 11) is 2.05. The number of halogens is 2. The van der Waals surface area contributed by atoms with Crippen molar-refractivity contribution < 1.29 is 14.5 Å². The highest BCUT2D eigenvalue weighted by Crippen LogP contribution is 2.47. The fourth-order valence-corrected chi connectivity index (χ4v) is 6.21. The van der Waals surface area contributed by atoms with Crippen LogP contribution in [0.25, 0.3) is 16.3 Å². The van der Waals surface area contributed by atoms with Gasteiger partial charge in [-0.2, -0.15) is 4.57 Å². The minimum atomic E-state index is -1.03. The number of rotatable bonds is 7. The Labute approximate surface area is 205 Å². The van der Waals surface area contributed by atoms with Gasteiger partial charge in [-0.25, -0.2) is 0 Å². The lowest BCUT2D eigenvalue weighted by Gasteiger charge is -2.21. The molecule has 2 aromatic carbocycles. The summed E-state index contributed by atoms with van der Waals surface area (Å²) in [5.74, 6) is -1.03. The molecule has 1 aromatic heterocycles. The zero-order chi connectivity index (χ0) is 22.8. The van der Waals surface area contributed by atoms with Crippen molar-refractivity contribution in [1.82, 2.24) is 0 Å². The van der Waals surface area contributed by atoms with E-state index in [-0.39, 0.29) is 6.42 Å². The van der Waals surface area contributed by atoms with Crippen LogP contribution in [0.5, 0.6) is 0 Å². The van der Waals surface area contributed by atoms with Crippen LogP contribution in [0.2, 0.25) is 10.0 Å². The topological polar surface area (TPSA) is 47.2 Å². The predicted octanol–water partition coefficient (Wildman–Crippen LogP) is 5.81. The molecule has 0 fully saturated rings. The number of aliphatic carboxylic acids is 1. The summed E-state index contributed by atoms with van der Waals surface area (Å²) < 4.78 is 3.35. The van der Waals surface area contributed by atoms with E-state index in [2.05, 4.69) is 41.7 Å². The molecule has 0 saturated carbocycles. The normalized spacial score (nSPS) is 15.1. The molecule has 4 rings (SSSR count). The Kier molecular flexibility index (Phi) is 7.15. The molecule has 32 heavy (non-hydrogen) atoms. The number of benzene rings is 2. The van der Waals surface area contributed by atoms with Gasteiger partial charge in [-0.05, 0) is 61.2 Å². The first kappa shape index (κ1) is 23.2. The Bertz CT molecular complexity index is 1250. The zero-order valence-corrected chi connectivity index (χ0v) is 20.9. The lowest BCUT2D eigenvalue weighted by Crippen LogP contribution is -2.29. The molecule has 0 atom stereocenters. The summed E-state index contributed by atoms with van der Waals surface area (Å²) in [6.45, 7) is 2.73. The summed E-state index contributed by atoms with van der Waals surface area (Å²) >= 11 is 15.8. The predicted molar refractivity (Wildman–Crippen MR) is 133 cm³/mol. The van der Waals surface area contributed by atoms with Crippen LogP contribution in [0, 0.1) is 0 Å². The number of carboxylic acids is 1. The van der Waals surface area contributed by atoms with Crippen LogP contribution in [0.15, 0.2) is 58.0 Å². The third kappa shape index (κ3) is 4.99. The van der Waals surface area contributed by atoms with Crippen LogP contribution in [0.3, 0.4) is 0 Å². The minimum absolute atomic E-state index is 0.0288. The summed E-state index contributed by atoms with van der Waals surface area (Å²) in [6.07, 6.45) is 5.80. The molecule has 2 heterocycles. The van der Waals surface area contributed by atoms with Gasteiger partial charge in [-0.15, -0.1) is 0 Å². The van der Waals surface area contributed by atoms with E-state index in [0.717, 1.165) is 37.6 Å². The van der Waals surface area contributed by atoms with Crippen LogP contribution >= 0.6 is 46.3 Å². The Morgan fingerprint density at radius 3 is 2.69 bits per heavy atom. The molecule has 0 saturated heterocycles. The quantitative estimate of drug-likeness (QED) is 0.381. The highest BCUT2D eigenvalue weighted by atomic mass is 35.5. The van der Waals surface area contributed by atoms with E-state index >= 15 is 0 Å². The zero-order valence-electron chi connectivity index (χ0n) is 17.7. The second kappa shape index (κ2) is 9.87. The molecule has 0 radical (unpaired) electrons. The number of hydrogen-bond acceptors (Lipinski definition) is 5. The SMILES string of the molecule is CCC(=Cc1sc2ccc(Cl)cc2[n+]1C)C=C1Sc2ccc(Cl)cc2N1CCCC(=O)[O-]. The molecule has 0 bridgehead atoms. The fourth-order valence-electron chi connectivity index (χ4n) is 3.62. The van der Waals surface area contributed by atoms with Gasteiger partial charge in [-0.3, -0.25) is 0 Å². The van der Waals surface area contributed by atoms with Crippen molar-refractivity contribution in [2.45, 2.75) is 31.1 Å². The Morgan fingerprint density at radius 1 is 1.19 bits per heavy atom. The maximum Gasteiger partial charge on any atom is 0.262 e. The molecule has 0 unspecified atom stereocenters. The smallest absolute Gasteiger partial charge is 0.262 e. The third-order valence-electron chi connectivity index (χ3n) is 5.31. The number of carboxylic acid groups (broad SMARTS) is 1. The Balaban J connectivity index is 1.69. The van der Waals surface area contributed by atoms with Gasteiger partial charge in [0.15, 0.2) is 0 Å². The van der Waals surface area contributed by atoms with Crippen molar-refractivity contribution >= 4 is 74.2 Å². The number of allylic oxidation sites excluding steroid dienone is 2. The summed E-state index contributed by atoms with van der Waals surface area (Å²) in [4.78, 5) is 14.2. The monoisotopic (exact) mass is 504 g/mol. The van der Waals surface area contributed by atoms with E-state index < -0.39 is 5.97 Å². The van der Waals surface area contributed by atoms with E-state index in [4.69, 9.17) is 23.2 Å². The average Bonchev–Trinajstić information content (AvgIpc) is 3.24. The number of thioether (sulfide) groups is 1. The second-order valence-corrected chi connectivity index (χ2v) is 10.5. The molecule has 1 aliphatic rings. The molecule has 0 amide bonds. The minimum Gasteiger partial charge on any atom is -0.550 e. The number of aromatic nitrogens is 1. The second-order valence-electron chi connectivity index (χ2n) is 7.51. The van der Waals surface area contributed by atoms with Crippen molar-refractivity contribution in [2.24, 2.45) is 7.05 Å². The maximum absolute atomic E-state index is 10.9. The van der Waals surface area contributed by atoms with Gasteiger partial charge >= 0.3 is 0 Å². The van der Waals surface area contributed by atoms with Gasteiger partial charge < -0.3 is 14.8 Å². The lowest BCUT2D eigenvalue weighted by molar-refractivity contribution is -0.642. The van der Waals surface area contributed by atoms with Gasteiger partial charge in [0.1, 0.15) is 11.7 Å². The molecule has 8 heteroatoms. The number of carbonyl (C=O) groups excluding carboxylic acids is 1. The van der Waals surface area contributed by atoms with E-state index in [1.165, 1.54) is 10.3 Å². The van der Waals surface area contributed by atoms with E-state index in [1.54, 1.807) is 23.1 Å². The third-order valence-corrected chi connectivity index (χ3v) is 8.06. The van der Waals surface area contributed by atoms with Crippen LogP contribution in [-0.4, -0.2) is 12.5 Å². The van der Waals surface area contributed by atoms with Crippen LogP contribution in [-0.2, 0) is 11.8 Å². The molecule has 0 spiro atoms. The van der Waals surface area contributed by atoms with Gasteiger partial charge in [0.2, 0.25) is 5.52 Å². The van der Waals surface area contributed by atoms with E-state index in [1.807, 2.05) is 30.3 Å². The summed E-state index contributed by atoms with van der Waals surface area (Å²) in [5, 5.41) is 14.5. The number of aryl methyl sites for hydroxylation is 1. The summed E-state index contributed by atoms with van der Waals surface area (Å²) in [5.41, 5.74) is 3.31. The lowest BCUT2D eigenvalue weighted by atomic mass is 10.2. The van der Waals surface area contributed by atoms with E-state index in [9.17, 15) is 9.90 Å². The maximum atomic E-state index is 10.9. The molecule has 3 aromatic rings. The van der Waals surface area contributed by atoms with Crippen LogP contribution < -0.4 is 14.6 Å². The molecule has 1 aliphatic heterocycles. The first-order valence-corrected chi connectivity index (χ1v) is 12.7. The van der Waals surface area contributed by atoms with Crippen molar-refractivity contribution in [1.29, 1.82) is 0 Å². The van der Waals surface area contributed by atoms with Crippen molar-refractivity contribution in [3.8, 4) is 0 Å². The van der Waals surface area contributed by atoms with Crippen LogP contribution in [0.1, 0.15) is 31.2 Å². The number of hydrogen-bond donors (Lipinski definition) is 0. The molecular formula is C24H22Cl2N2O2S2. The molecule has 0 aliphatic carbocycles. The molecule has 0 N–H and O–H groups in total. The Morgan fingerprint density at radius 2 is 1.94 bits per heavy atom. The summed E-state index contributed by atoms with van der Waals surface area (Å²) in [6, 6.07) is 11.8. The highest BCUT2D eigenvalue weighted by Gasteiger charge is 2.25. The standard InChI is InChI=1S/C24H22Cl2N2O2S2/c1-3-15(11-22-27(2)18-13-16(25)6-8-20(18)31-22)12-23-28(10-4-5-24(29)30)19-14-17(26)7-9-21(19)32-23/h6-9,11-14H,3-5,10H2,1-2H3. The van der Waals surface area contributed by atoms with Gasteiger partial charge in [0.25, 0.3) is 5.01 Å².